The SMILES string of the molecule is [C-]#[N+]c1ccc(C(=O)Oc2ccc3ccc4cccc5ccc2c3c45)cc1. The fraction of sp³-hybridized carbons (Fsp3) is 0. The van der Waals surface area contributed by atoms with E-state index in [1.165, 1.54) is 16.2 Å². The molecule has 0 bridgehead atoms. The number of hydrogen-bond donors (Lipinski definition) is 0. The highest BCUT2D eigenvalue weighted by molar-refractivity contribution is 6.24. The van der Waals surface area contributed by atoms with Crippen LogP contribution in [0.3, 0.4) is 0 Å². The first-order valence-electron chi connectivity index (χ1n) is 8.61. The predicted molar refractivity (Wildman–Crippen MR) is 108 cm³/mol. The molecular formula is C24H13NO2. The second-order valence-electron chi connectivity index (χ2n) is 6.47. The van der Waals surface area contributed by atoms with Crippen molar-refractivity contribution in [2.24, 2.45) is 0 Å². The van der Waals surface area contributed by atoms with Gasteiger partial charge in [0, 0.05) is 10.8 Å². The van der Waals surface area contributed by atoms with Crippen molar-refractivity contribution in [3.63, 3.8) is 0 Å². The van der Waals surface area contributed by atoms with Crippen molar-refractivity contribution < 1.29 is 9.53 Å². The Morgan fingerprint density at radius 2 is 1.37 bits per heavy atom. The van der Waals surface area contributed by atoms with Gasteiger partial charge >= 0.3 is 5.97 Å². The van der Waals surface area contributed by atoms with E-state index < -0.39 is 5.97 Å². The second-order valence-corrected chi connectivity index (χ2v) is 6.47. The highest BCUT2D eigenvalue weighted by atomic mass is 16.5. The van der Waals surface area contributed by atoms with E-state index in [0.717, 1.165) is 16.2 Å². The molecule has 0 aliphatic heterocycles. The number of carbonyl (C=O) groups is 1. The van der Waals surface area contributed by atoms with Gasteiger partial charge < -0.3 is 4.74 Å². The number of nitrogens with zero attached hydrogens (tertiary/aromatic N) is 1. The van der Waals surface area contributed by atoms with Crippen molar-refractivity contribution in [2.75, 3.05) is 0 Å². The van der Waals surface area contributed by atoms with Crippen LogP contribution in [0.5, 0.6) is 5.75 Å². The Hall–Kier alpha value is -3.90. The molecule has 3 heteroatoms. The van der Waals surface area contributed by atoms with Gasteiger partial charge in [0.25, 0.3) is 0 Å². The number of ether oxygens (including phenoxy) is 1. The number of rotatable bonds is 2. The zero-order valence-electron chi connectivity index (χ0n) is 14.3. The zero-order valence-corrected chi connectivity index (χ0v) is 14.3. The van der Waals surface area contributed by atoms with Gasteiger partial charge in [-0.15, -0.1) is 0 Å². The first kappa shape index (κ1) is 15.4. The summed E-state index contributed by atoms with van der Waals surface area (Å²) in [6, 6.07) is 24.8. The van der Waals surface area contributed by atoms with Gasteiger partial charge in [0.2, 0.25) is 0 Å². The topological polar surface area (TPSA) is 30.7 Å². The van der Waals surface area contributed by atoms with Crippen LogP contribution >= 0.6 is 0 Å². The Bertz CT molecular complexity index is 1350. The number of benzene rings is 5. The molecule has 3 nitrogen and oxygen atoms in total. The van der Waals surface area contributed by atoms with Crippen LogP contribution in [-0.4, -0.2) is 5.97 Å². The molecule has 0 N–H and O–H groups in total. The van der Waals surface area contributed by atoms with Crippen molar-refractivity contribution >= 4 is 44.0 Å². The number of hydrogen-bond acceptors (Lipinski definition) is 2. The Morgan fingerprint density at radius 3 is 2.07 bits per heavy atom. The minimum Gasteiger partial charge on any atom is -0.422 e. The van der Waals surface area contributed by atoms with Crippen LogP contribution in [0.4, 0.5) is 5.69 Å². The van der Waals surface area contributed by atoms with E-state index >= 15 is 0 Å². The summed E-state index contributed by atoms with van der Waals surface area (Å²) in [5.74, 6) is 0.113. The Kier molecular flexibility index (Phi) is 3.31. The van der Waals surface area contributed by atoms with E-state index in [1.807, 2.05) is 18.2 Å². The maximum absolute atomic E-state index is 12.6. The molecule has 5 rings (SSSR count). The summed E-state index contributed by atoms with van der Waals surface area (Å²) in [6.07, 6.45) is 0. The summed E-state index contributed by atoms with van der Waals surface area (Å²) in [4.78, 5) is 15.9. The van der Waals surface area contributed by atoms with E-state index in [1.54, 1.807) is 24.3 Å². The summed E-state index contributed by atoms with van der Waals surface area (Å²) in [5.41, 5.74) is 0.919. The summed E-state index contributed by atoms with van der Waals surface area (Å²) in [5, 5.41) is 6.68. The summed E-state index contributed by atoms with van der Waals surface area (Å²) >= 11 is 0. The van der Waals surface area contributed by atoms with Crippen LogP contribution in [0, 0.1) is 6.57 Å². The van der Waals surface area contributed by atoms with Gasteiger partial charge in [-0.2, -0.15) is 0 Å². The normalized spacial score (nSPS) is 11.1. The second kappa shape index (κ2) is 5.82. The lowest BCUT2D eigenvalue weighted by molar-refractivity contribution is 0.0737. The van der Waals surface area contributed by atoms with Crippen LogP contribution in [0.15, 0.2) is 78.9 Å². The van der Waals surface area contributed by atoms with Crippen molar-refractivity contribution in [2.45, 2.75) is 0 Å². The monoisotopic (exact) mass is 347 g/mol. The third kappa shape index (κ3) is 2.39. The average molecular weight is 347 g/mol. The van der Waals surface area contributed by atoms with Gasteiger partial charge in [-0.05, 0) is 33.7 Å². The van der Waals surface area contributed by atoms with Crippen molar-refractivity contribution in [3.05, 3.63) is 95.8 Å². The average Bonchev–Trinajstić information content (AvgIpc) is 2.73. The molecule has 0 unspecified atom stereocenters. The van der Waals surface area contributed by atoms with Crippen LogP contribution in [-0.2, 0) is 0 Å². The van der Waals surface area contributed by atoms with Gasteiger partial charge in [0.05, 0.1) is 12.1 Å². The lowest BCUT2D eigenvalue weighted by Crippen LogP contribution is -2.08. The van der Waals surface area contributed by atoms with Gasteiger partial charge in [-0.25, -0.2) is 9.64 Å². The van der Waals surface area contributed by atoms with Crippen LogP contribution in [0.2, 0.25) is 0 Å². The third-order valence-electron chi connectivity index (χ3n) is 4.92. The number of esters is 1. The standard InChI is InChI=1S/C24H13NO2/c1-25-19-11-7-18(8-12-19)24(26)27-21-14-10-17-6-5-15-3-2-4-16-9-13-20(21)23(17)22(15)16/h2-14H. The minimum absolute atomic E-state index is 0.424. The Labute approximate surface area is 155 Å². The van der Waals surface area contributed by atoms with Gasteiger partial charge in [0.15, 0.2) is 5.69 Å². The molecule has 0 aromatic heterocycles. The van der Waals surface area contributed by atoms with Crippen LogP contribution in [0.25, 0.3) is 37.2 Å². The lowest BCUT2D eigenvalue weighted by atomic mass is 9.94. The molecule has 0 atom stereocenters. The summed E-state index contributed by atoms with van der Waals surface area (Å²) in [6.45, 7) is 7.00. The van der Waals surface area contributed by atoms with E-state index in [-0.39, 0.29) is 0 Å². The van der Waals surface area contributed by atoms with E-state index in [0.29, 0.717) is 17.0 Å². The zero-order chi connectivity index (χ0) is 18.4. The highest BCUT2D eigenvalue weighted by Gasteiger charge is 2.14. The quantitative estimate of drug-likeness (QED) is 0.161. The van der Waals surface area contributed by atoms with Crippen molar-refractivity contribution in [1.82, 2.24) is 0 Å². The first-order chi connectivity index (χ1) is 13.2. The lowest BCUT2D eigenvalue weighted by Gasteiger charge is -2.13. The Balaban J connectivity index is 1.64. The molecule has 27 heavy (non-hydrogen) atoms. The maximum atomic E-state index is 12.6. The molecule has 0 radical (unpaired) electrons. The maximum Gasteiger partial charge on any atom is 0.343 e. The minimum atomic E-state index is -0.429. The molecule has 0 saturated carbocycles. The molecule has 5 aromatic rings. The fourth-order valence-electron chi connectivity index (χ4n) is 3.63. The van der Waals surface area contributed by atoms with E-state index in [9.17, 15) is 4.79 Å². The fourth-order valence-corrected chi connectivity index (χ4v) is 3.63. The molecular weight excluding hydrogens is 334 g/mol. The molecule has 0 spiro atoms. The molecule has 0 aliphatic rings. The molecule has 0 fully saturated rings. The van der Waals surface area contributed by atoms with Crippen LogP contribution < -0.4 is 4.74 Å². The third-order valence-corrected chi connectivity index (χ3v) is 4.92. The summed E-state index contributed by atoms with van der Waals surface area (Å²) in [7, 11) is 0. The molecule has 0 saturated heterocycles. The molecule has 5 aromatic carbocycles. The first-order valence-corrected chi connectivity index (χ1v) is 8.61. The van der Waals surface area contributed by atoms with Gasteiger partial charge in [0.1, 0.15) is 5.75 Å². The molecule has 0 heterocycles. The summed E-state index contributed by atoms with van der Waals surface area (Å²) < 4.78 is 5.71. The smallest absolute Gasteiger partial charge is 0.343 e. The van der Waals surface area contributed by atoms with Gasteiger partial charge in [-0.1, -0.05) is 66.7 Å². The predicted octanol–water partition coefficient (Wildman–Crippen LogP) is 6.35. The molecule has 126 valence electrons. The van der Waals surface area contributed by atoms with Gasteiger partial charge in [-0.3, -0.25) is 0 Å². The molecule has 0 aliphatic carbocycles. The van der Waals surface area contributed by atoms with Crippen molar-refractivity contribution in [3.8, 4) is 5.75 Å². The Morgan fingerprint density at radius 1 is 0.741 bits per heavy atom. The van der Waals surface area contributed by atoms with Crippen LogP contribution in [0.1, 0.15) is 10.4 Å². The van der Waals surface area contributed by atoms with E-state index in [2.05, 4.69) is 41.2 Å². The largest absolute Gasteiger partial charge is 0.422 e. The number of carbonyl (C=O) groups excluding carboxylic acids is 1. The van der Waals surface area contributed by atoms with Crippen molar-refractivity contribution in [1.29, 1.82) is 0 Å². The molecule has 0 amide bonds. The van der Waals surface area contributed by atoms with E-state index in [4.69, 9.17) is 11.3 Å². The highest BCUT2D eigenvalue weighted by Crippen LogP contribution is 2.38.